The van der Waals surface area contributed by atoms with Crippen LogP contribution in [0.4, 0.5) is 0 Å². The number of hydrogen-bond acceptors (Lipinski definition) is 5. The van der Waals surface area contributed by atoms with Crippen molar-refractivity contribution in [3.8, 4) is 57.0 Å². The Labute approximate surface area is 718 Å². The summed E-state index contributed by atoms with van der Waals surface area (Å²) in [5, 5.41) is 26.2. The normalized spacial score (nSPS) is 11.9. The zero-order valence-corrected chi connectivity index (χ0v) is 76.2. The van der Waals surface area contributed by atoms with Crippen molar-refractivity contribution < 1.29 is 9.47 Å². The second-order valence-corrected chi connectivity index (χ2v) is 38.9. The predicted molar refractivity (Wildman–Crippen MR) is 514 cm³/mol. The van der Waals surface area contributed by atoms with Gasteiger partial charge in [0.2, 0.25) is 0 Å². The molecule has 9 aromatic carbocycles. The molecule has 0 aliphatic rings. The molecule has 0 amide bonds. The molecule has 0 saturated carbocycles. The van der Waals surface area contributed by atoms with Crippen molar-refractivity contribution in [1.82, 2.24) is 39.9 Å². The molecule has 0 aliphatic heterocycles. The van der Waals surface area contributed by atoms with Gasteiger partial charge in [-0.05, 0) is 242 Å². The average molecular weight is 1610 g/mol. The summed E-state index contributed by atoms with van der Waals surface area (Å²) in [7, 11) is 3.40. The molecule has 0 unspecified atom stereocenters. The number of aromatic nitrogens is 8. The van der Waals surface area contributed by atoms with E-state index >= 15 is 0 Å². The highest BCUT2D eigenvalue weighted by molar-refractivity contribution is 5.93. The standard InChI is InChI=1S/C20H23NO2.C18H19N.C17H18N2.C14H16N2.C14H19N.C13H14N2.C13H17N/c1-20(2,3)15-12-16-13(9-10-21-16)11-14(15)19-17(22-4)7-6-8-18(19)23-5;1-18(2,3)16-12-17-14(9-10-19-17)11-15(16)13-7-5-4-6-8-13;1-17(2,3)15-10-16-12(6-8-19-16)9-14(15)13-5-4-7-18-11-13;1-14(2,3)11-4-5-12-10(6-7-15)9-16-13(12)8-11;1-5-10-9-15-13-8-11(14(2,3)4)6-7-12(10)13;1-13(2,3)10-4-5-11-9(7-14)8-15-12(11)6-10;1-9-8-14-12-7-10(13(2,3)4)5-6-11(9)12/h6-12,21H,1-5H3;4-12,19H,1-3H3;4-11,19H,1-3H3;4-5,8-9,16H,6H2,1-3H3;6-9,15H,5H2,1-4H3;4-6,8,15H,1-3H3;5-8,14H,1-4H3. The van der Waals surface area contributed by atoms with E-state index in [1.165, 1.54) is 121 Å². The smallest absolute Gasteiger partial charge is 0.130 e. The predicted octanol–water partition coefficient (Wildman–Crippen LogP) is 29.5. The molecule has 17 aromatic rings. The summed E-state index contributed by atoms with van der Waals surface area (Å²) >= 11 is 0. The number of nitriles is 2. The van der Waals surface area contributed by atoms with E-state index in [4.69, 9.17) is 20.0 Å². The summed E-state index contributed by atoms with van der Waals surface area (Å²) in [6.45, 7) is 51.2. The number of fused-ring (bicyclic) bond motifs is 7. The monoisotopic (exact) mass is 1610 g/mol. The first-order chi connectivity index (χ1) is 57.1. The second-order valence-electron chi connectivity index (χ2n) is 38.9. The van der Waals surface area contributed by atoms with Crippen LogP contribution in [-0.2, 0) is 50.7 Å². The number of aryl methyl sites for hydroxylation is 2. The van der Waals surface area contributed by atoms with Crippen molar-refractivity contribution in [2.75, 3.05) is 14.2 Å². The third-order valence-corrected chi connectivity index (χ3v) is 22.6. The second kappa shape index (κ2) is 36.6. The van der Waals surface area contributed by atoms with E-state index in [-0.39, 0.29) is 37.9 Å². The largest absolute Gasteiger partial charge is 0.496 e. The summed E-state index contributed by atoms with van der Waals surface area (Å²) in [5.74, 6) is 1.65. The Morgan fingerprint density at radius 2 is 0.727 bits per heavy atom. The minimum absolute atomic E-state index is 0.000494. The number of rotatable bonds is 7. The van der Waals surface area contributed by atoms with Gasteiger partial charge in [0.15, 0.2) is 0 Å². The highest BCUT2D eigenvalue weighted by Crippen LogP contribution is 2.46. The molecule has 0 saturated heterocycles. The SMILES string of the molecule is CC(C)(C)c1cc2[nH]ccc2cc1-c1ccccc1.CC(C)(C)c1cc2[nH]ccc2cc1-c1cccnc1.CC(C)(C)c1ccc2c(C#N)c[nH]c2c1.CC(C)(C)c1ccc2c(CC#N)c[nH]c2c1.CCc1c[nH]c2cc(C(C)(C)C)ccc12.COc1cccc(OC)c1-c1cc2cc[nH]c2cc1C(C)(C)C.Cc1c[nH]c2cc(C(C)(C)C)ccc12. The third kappa shape index (κ3) is 21.4. The van der Waals surface area contributed by atoms with E-state index in [0.717, 1.165) is 61.9 Å². The lowest BCUT2D eigenvalue weighted by molar-refractivity contribution is 0.397. The maximum atomic E-state index is 8.88. The first kappa shape index (κ1) is 89.3. The molecule has 12 heteroatoms. The van der Waals surface area contributed by atoms with Crippen LogP contribution < -0.4 is 9.47 Å². The van der Waals surface area contributed by atoms with E-state index in [1.807, 2.05) is 67.5 Å². The van der Waals surface area contributed by atoms with Crippen LogP contribution in [0.2, 0.25) is 0 Å². The van der Waals surface area contributed by atoms with E-state index in [1.54, 1.807) is 20.4 Å². The van der Waals surface area contributed by atoms with E-state index < -0.39 is 0 Å². The Bertz CT molecular complexity index is 6310. The van der Waals surface area contributed by atoms with Crippen LogP contribution in [0.3, 0.4) is 0 Å². The fourth-order valence-corrected chi connectivity index (χ4v) is 15.4. The lowest BCUT2D eigenvalue weighted by Crippen LogP contribution is -2.13. The van der Waals surface area contributed by atoms with Crippen LogP contribution in [0, 0.1) is 29.6 Å². The van der Waals surface area contributed by atoms with Crippen molar-refractivity contribution in [1.29, 1.82) is 10.5 Å². The Hall–Kier alpha value is -12.5. The van der Waals surface area contributed by atoms with Gasteiger partial charge in [0, 0.05) is 121 Å². The molecule has 12 nitrogen and oxygen atoms in total. The number of aromatic amines is 7. The van der Waals surface area contributed by atoms with Crippen LogP contribution in [0.1, 0.15) is 214 Å². The highest BCUT2D eigenvalue weighted by atomic mass is 16.5. The maximum Gasteiger partial charge on any atom is 0.130 e. The summed E-state index contributed by atoms with van der Waals surface area (Å²) in [4.78, 5) is 27.2. The topological polar surface area (TPSA) is 189 Å². The molecule has 8 aromatic heterocycles. The van der Waals surface area contributed by atoms with Crippen LogP contribution >= 0.6 is 0 Å². The molecule has 0 aliphatic carbocycles. The van der Waals surface area contributed by atoms with E-state index in [9.17, 15) is 0 Å². The number of nitrogens with zero attached hydrogens (tertiary/aromatic N) is 3. The van der Waals surface area contributed by atoms with Crippen LogP contribution in [0.25, 0.3) is 110 Å². The summed E-state index contributed by atoms with van der Waals surface area (Å²) < 4.78 is 11.2. The molecular weight excluding hydrogens is 1480 g/mol. The van der Waals surface area contributed by atoms with Crippen molar-refractivity contribution in [2.45, 2.75) is 210 Å². The third-order valence-electron chi connectivity index (χ3n) is 22.6. The average Bonchev–Trinajstić information content (AvgIpc) is 1.64. The first-order valence-electron chi connectivity index (χ1n) is 42.3. The molecule has 0 spiro atoms. The van der Waals surface area contributed by atoms with Crippen molar-refractivity contribution in [3.63, 3.8) is 0 Å². The first-order valence-corrected chi connectivity index (χ1v) is 42.3. The molecular formula is C109H126N10O2. The zero-order valence-electron chi connectivity index (χ0n) is 76.2. The van der Waals surface area contributed by atoms with Gasteiger partial charge in [0.1, 0.15) is 17.6 Å². The lowest BCUT2D eigenvalue weighted by atomic mass is 9.81. The number of methoxy groups -OCH3 is 2. The molecule has 0 radical (unpaired) electrons. The number of ether oxygens (including phenoxy) is 2. The molecule has 0 atom stereocenters. The van der Waals surface area contributed by atoms with Gasteiger partial charge in [0.25, 0.3) is 0 Å². The van der Waals surface area contributed by atoms with E-state index in [2.05, 4.69) is 381 Å². The molecule has 624 valence electrons. The minimum Gasteiger partial charge on any atom is -0.496 e. The Morgan fingerprint density at radius 3 is 1.14 bits per heavy atom. The molecule has 8 heterocycles. The summed E-state index contributed by atoms with van der Waals surface area (Å²) in [5.41, 5.74) is 30.3. The molecule has 0 fully saturated rings. The Kier molecular flexibility index (Phi) is 27.0. The number of benzene rings is 9. The van der Waals surface area contributed by atoms with Gasteiger partial charge in [-0.25, -0.2) is 0 Å². The van der Waals surface area contributed by atoms with Crippen LogP contribution in [0.5, 0.6) is 11.5 Å². The number of H-pyrrole nitrogens is 7. The minimum atomic E-state index is 0.000494. The zero-order chi connectivity index (χ0) is 87.7. The van der Waals surface area contributed by atoms with Crippen molar-refractivity contribution >= 4 is 76.3 Å². The Balaban J connectivity index is 0.000000139. The highest BCUT2D eigenvalue weighted by Gasteiger charge is 2.27. The Morgan fingerprint density at radius 1 is 0.347 bits per heavy atom. The maximum absolute atomic E-state index is 8.88. The van der Waals surface area contributed by atoms with Gasteiger partial charge in [-0.3, -0.25) is 4.98 Å². The number of hydrogen-bond donors (Lipinski definition) is 7. The van der Waals surface area contributed by atoms with E-state index in [0.29, 0.717) is 12.0 Å². The quantitative estimate of drug-likeness (QED) is 0.0834. The van der Waals surface area contributed by atoms with Gasteiger partial charge >= 0.3 is 0 Å². The number of pyridine rings is 1. The van der Waals surface area contributed by atoms with Gasteiger partial charge in [-0.15, -0.1) is 0 Å². The van der Waals surface area contributed by atoms with Crippen LogP contribution in [-0.4, -0.2) is 54.1 Å². The summed E-state index contributed by atoms with van der Waals surface area (Å²) in [6, 6.07) is 71.0. The van der Waals surface area contributed by atoms with Gasteiger partial charge in [-0.1, -0.05) is 243 Å². The molecule has 0 bridgehead atoms. The fraction of sp³-hybridized carbons (Fsp3) is 0.312. The molecule has 17 rings (SSSR count). The van der Waals surface area contributed by atoms with Crippen molar-refractivity contribution in [3.05, 3.63) is 305 Å². The van der Waals surface area contributed by atoms with Gasteiger partial charge in [-0.2, -0.15) is 10.5 Å². The number of nitrogens with one attached hydrogen (secondary N) is 7. The van der Waals surface area contributed by atoms with Crippen molar-refractivity contribution in [2.24, 2.45) is 0 Å². The van der Waals surface area contributed by atoms with Gasteiger partial charge < -0.3 is 44.4 Å². The lowest BCUT2D eigenvalue weighted by Gasteiger charge is -2.25. The molecule has 121 heavy (non-hydrogen) atoms. The fourth-order valence-electron chi connectivity index (χ4n) is 15.4. The van der Waals surface area contributed by atoms with Crippen LogP contribution in [0.15, 0.2) is 244 Å². The summed E-state index contributed by atoms with van der Waals surface area (Å²) in [6.07, 6.45) is 19.2. The molecule has 7 N–H and O–H groups in total. The van der Waals surface area contributed by atoms with Gasteiger partial charge in [0.05, 0.1) is 37.8 Å².